The number of hydrogen-bond donors (Lipinski definition) is 1. The molecule has 0 spiro atoms. The van der Waals surface area contributed by atoms with Crippen LogP contribution in [0.3, 0.4) is 0 Å². The van der Waals surface area contributed by atoms with Gasteiger partial charge in [-0.1, -0.05) is 5.16 Å². The first-order valence-electron chi connectivity index (χ1n) is 6.19. The van der Waals surface area contributed by atoms with Crippen molar-refractivity contribution in [3.8, 4) is 11.4 Å². The van der Waals surface area contributed by atoms with Crippen molar-refractivity contribution in [3.05, 3.63) is 29.9 Å². The van der Waals surface area contributed by atoms with Crippen LogP contribution >= 0.6 is 0 Å². The molecule has 1 aliphatic carbocycles. The Morgan fingerprint density at radius 1 is 1.44 bits per heavy atom. The summed E-state index contributed by atoms with van der Waals surface area (Å²) >= 11 is 0. The Morgan fingerprint density at radius 3 is 2.94 bits per heavy atom. The van der Waals surface area contributed by atoms with Gasteiger partial charge in [-0.05, 0) is 37.8 Å². The highest BCUT2D eigenvalue weighted by Gasteiger charge is 2.34. The summed E-state index contributed by atoms with van der Waals surface area (Å²) in [7, 11) is 0. The topological polar surface area (TPSA) is 77.8 Å². The van der Waals surface area contributed by atoms with Gasteiger partial charge in [0.1, 0.15) is 0 Å². The van der Waals surface area contributed by atoms with Crippen LogP contribution in [0.2, 0.25) is 0 Å². The number of nitrogens with two attached hydrogens (primary N) is 1. The lowest BCUT2D eigenvalue weighted by Gasteiger charge is -2.36. The largest absolute Gasteiger partial charge is 0.339 e. The first-order chi connectivity index (χ1) is 8.66. The molecule has 18 heavy (non-hydrogen) atoms. The Bertz CT molecular complexity index is 560. The van der Waals surface area contributed by atoms with Crippen LogP contribution in [0.5, 0.6) is 0 Å². The number of aryl methyl sites for hydroxylation is 1. The third kappa shape index (κ3) is 2.01. The smallest absolute Gasteiger partial charge is 0.228 e. The van der Waals surface area contributed by atoms with Gasteiger partial charge in [-0.25, -0.2) is 0 Å². The van der Waals surface area contributed by atoms with Crippen molar-refractivity contribution < 1.29 is 4.52 Å². The van der Waals surface area contributed by atoms with Crippen molar-refractivity contribution in [3.63, 3.8) is 0 Å². The fourth-order valence-electron chi connectivity index (χ4n) is 2.24. The van der Waals surface area contributed by atoms with E-state index in [1.54, 1.807) is 12.4 Å². The Morgan fingerprint density at radius 2 is 2.28 bits per heavy atom. The third-order valence-corrected chi connectivity index (χ3v) is 3.60. The normalized spacial score (nSPS) is 17.4. The van der Waals surface area contributed by atoms with Crippen molar-refractivity contribution in [2.75, 3.05) is 0 Å². The van der Waals surface area contributed by atoms with Crippen LogP contribution in [0, 0.1) is 6.92 Å². The molecule has 3 rings (SSSR count). The van der Waals surface area contributed by atoms with E-state index in [2.05, 4.69) is 15.1 Å². The van der Waals surface area contributed by atoms with E-state index < -0.39 is 0 Å². The summed E-state index contributed by atoms with van der Waals surface area (Å²) < 4.78 is 5.28. The minimum absolute atomic E-state index is 0.131. The molecule has 0 aromatic carbocycles. The molecule has 5 heteroatoms. The van der Waals surface area contributed by atoms with Crippen molar-refractivity contribution >= 4 is 0 Å². The molecule has 2 aromatic heterocycles. The lowest BCUT2D eigenvalue weighted by molar-refractivity contribution is 0.222. The van der Waals surface area contributed by atoms with Gasteiger partial charge in [0.15, 0.2) is 0 Å². The maximum absolute atomic E-state index is 6.17. The number of rotatable bonds is 3. The molecule has 0 amide bonds. The summed E-state index contributed by atoms with van der Waals surface area (Å²) in [4.78, 5) is 8.50. The minimum atomic E-state index is -0.131. The molecular formula is C13H16N4O. The standard InChI is InChI=1S/C13H16N4O/c1-9-3-6-15-8-10(9)12-16-11(18-17-12)7-13(14)4-2-5-13/h3,6,8H,2,4-5,7,14H2,1H3. The fraction of sp³-hybridized carbons (Fsp3) is 0.462. The van der Waals surface area contributed by atoms with Crippen LogP contribution < -0.4 is 5.73 Å². The number of aromatic nitrogens is 3. The Labute approximate surface area is 105 Å². The lowest BCUT2D eigenvalue weighted by Crippen LogP contribution is -2.48. The zero-order chi connectivity index (χ0) is 12.6. The molecule has 2 heterocycles. The van der Waals surface area contributed by atoms with Crippen molar-refractivity contribution in [2.24, 2.45) is 5.73 Å². The van der Waals surface area contributed by atoms with E-state index >= 15 is 0 Å². The van der Waals surface area contributed by atoms with E-state index in [1.807, 2.05) is 13.0 Å². The van der Waals surface area contributed by atoms with Gasteiger partial charge in [0.2, 0.25) is 11.7 Å². The number of nitrogens with zero attached hydrogens (tertiary/aromatic N) is 3. The second-order valence-electron chi connectivity index (χ2n) is 5.10. The van der Waals surface area contributed by atoms with Crippen molar-refractivity contribution in [1.82, 2.24) is 15.1 Å². The first-order valence-corrected chi connectivity index (χ1v) is 6.19. The van der Waals surface area contributed by atoms with E-state index in [4.69, 9.17) is 10.3 Å². The fourth-order valence-corrected chi connectivity index (χ4v) is 2.24. The molecule has 1 saturated carbocycles. The number of hydrogen-bond acceptors (Lipinski definition) is 5. The molecule has 0 unspecified atom stereocenters. The summed E-state index contributed by atoms with van der Waals surface area (Å²) in [6, 6.07) is 1.93. The average molecular weight is 244 g/mol. The van der Waals surface area contributed by atoms with Crippen molar-refractivity contribution in [1.29, 1.82) is 0 Å². The van der Waals surface area contributed by atoms with E-state index in [1.165, 1.54) is 6.42 Å². The van der Waals surface area contributed by atoms with Crippen LogP contribution in [-0.4, -0.2) is 20.7 Å². The second kappa shape index (κ2) is 4.17. The van der Waals surface area contributed by atoms with Crippen LogP contribution in [0.15, 0.2) is 23.0 Å². The highest BCUT2D eigenvalue weighted by Crippen LogP contribution is 2.32. The maximum atomic E-state index is 6.17. The second-order valence-corrected chi connectivity index (χ2v) is 5.10. The van der Waals surface area contributed by atoms with Crippen LogP contribution in [-0.2, 0) is 6.42 Å². The summed E-state index contributed by atoms with van der Waals surface area (Å²) in [6.07, 6.45) is 7.44. The molecule has 0 atom stereocenters. The molecule has 1 fully saturated rings. The minimum Gasteiger partial charge on any atom is -0.339 e. The van der Waals surface area contributed by atoms with Gasteiger partial charge in [0, 0.05) is 29.9 Å². The SMILES string of the molecule is Cc1ccncc1-c1noc(CC2(N)CCC2)n1. The first kappa shape index (κ1) is 11.3. The zero-order valence-electron chi connectivity index (χ0n) is 10.4. The van der Waals surface area contributed by atoms with E-state index in [9.17, 15) is 0 Å². The van der Waals surface area contributed by atoms with Crippen molar-refractivity contribution in [2.45, 2.75) is 38.1 Å². The Kier molecular flexibility index (Phi) is 2.63. The monoisotopic (exact) mass is 244 g/mol. The highest BCUT2D eigenvalue weighted by molar-refractivity contribution is 5.57. The van der Waals surface area contributed by atoms with Gasteiger partial charge in [-0.15, -0.1) is 0 Å². The zero-order valence-corrected chi connectivity index (χ0v) is 10.4. The lowest BCUT2D eigenvalue weighted by atomic mass is 9.75. The Hall–Kier alpha value is -1.75. The molecule has 2 N–H and O–H groups in total. The van der Waals surface area contributed by atoms with Gasteiger partial charge in [0.05, 0.1) is 0 Å². The molecule has 0 radical (unpaired) electrons. The van der Waals surface area contributed by atoms with Crippen LogP contribution in [0.1, 0.15) is 30.7 Å². The van der Waals surface area contributed by atoms with Gasteiger partial charge < -0.3 is 10.3 Å². The summed E-state index contributed by atoms with van der Waals surface area (Å²) in [5, 5.41) is 4.01. The summed E-state index contributed by atoms with van der Waals surface area (Å²) in [5.41, 5.74) is 8.04. The highest BCUT2D eigenvalue weighted by atomic mass is 16.5. The summed E-state index contributed by atoms with van der Waals surface area (Å²) in [6.45, 7) is 2.00. The maximum Gasteiger partial charge on any atom is 0.228 e. The third-order valence-electron chi connectivity index (χ3n) is 3.60. The van der Waals surface area contributed by atoms with E-state index in [0.717, 1.165) is 24.0 Å². The molecule has 0 saturated heterocycles. The summed E-state index contributed by atoms with van der Waals surface area (Å²) in [5.74, 6) is 1.22. The molecule has 1 aliphatic rings. The van der Waals surface area contributed by atoms with E-state index in [0.29, 0.717) is 18.1 Å². The van der Waals surface area contributed by atoms with E-state index in [-0.39, 0.29) is 5.54 Å². The molecule has 94 valence electrons. The molecule has 5 nitrogen and oxygen atoms in total. The van der Waals surface area contributed by atoms with Crippen LogP contribution in [0.4, 0.5) is 0 Å². The molecule has 2 aromatic rings. The van der Waals surface area contributed by atoms with Crippen LogP contribution in [0.25, 0.3) is 11.4 Å². The van der Waals surface area contributed by atoms with Gasteiger partial charge in [0.25, 0.3) is 0 Å². The average Bonchev–Trinajstić information content (AvgIpc) is 2.76. The predicted octanol–water partition coefficient (Wildman–Crippen LogP) is 1.86. The van der Waals surface area contributed by atoms with Gasteiger partial charge >= 0.3 is 0 Å². The molecular weight excluding hydrogens is 228 g/mol. The van der Waals surface area contributed by atoms with Gasteiger partial charge in [-0.2, -0.15) is 4.98 Å². The predicted molar refractivity (Wildman–Crippen MR) is 66.7 cm³/mol. The number of pyridine rings is 1. The van der Waals surface area contributed by atoms with Gasteiger partial charge in [-0.3, -0.25) is 4.98 Å². The molecule has 0 aliphatic heterocycles. The quantitative estimate of drug-likeness (QED) is 0.891. The molecule has 0 bridgehead atoms. The Balaban J connectivity index is 1.83.